The third-order valence-electron chi connectivity index (χ3n) is 6.34. The smallest absolute Gasteiger partial charge is 0.260 e. The van der Waals surface area contributed by atoms with Crippen LogP contribution in [0.1, 0.15) is 0 Å². The van der Waals surface area contributed by atoms with Crippen molar-refractivity contribution in [3.63, 3.8) is 0 Å². The van der Waals surface area contributed by atoms with E-state index in [4.69, 9.17) is 9.47 Å². The SMILES string of the molecule is O=C(COc1ccc2ccccc2c1Br)N1CCN(C(=O)COc2ccc3ccccc3c2Br)CC1. The standard InChI is InChI=1S/C28H24Br2N2O4/c29-27-21-7-3-1-5-19(21)9-11-23(27)35-17-25(33)31-13-15-32(16-14-31)26(34)18-36-24-12-10-20-6-2-4-8-22(20)28(24)30/h1-12H,13-18H2. The molecule has 0 saturated carbocycles. The molecule has 1 aliphatic heterocycles. The Morgan fingerprint density at radius 3 is 1.42 bits per heavy atom. The molecule has 0 N–H and O–H groups in total. The van der Waals surface area contributed by atoms with Crippen LogP contribution in [0.3, 0.4) is 0 Å². The van der Waals surface area contributed by atoms with Crippen LogP contribution >= 0.6 is 31.9 Å². The summed E-state index contributed by atoms with van der Waals surface area (Å²) in [5.74, 6) is 1.07. The summed E-state index contributed by atoms with van der Waals surface area (Å²) < 4.78 is 13.3. The van der Waals surface area contributed by atoms with E-state index in [2.05, 4.69) is 31.9 Å². The monoisotopic (exact) mass is 610 g/mol. The summed E-state index contributed by atoms with van der Waals surface area (Å²) in [6, 6.07) is 23.7. The van der Waals surface area contributed by atoms with Gasteiger partial charge in [-0.3, -0.25) is 9.59 Å². The lowest BCUT2D eigenvalue weighted by atomic mass is 10.1. The molecule has 4 aromatic rings. The number of piperazine rings is 1. The number of hydrogen-bond donors (Lipinski definition) is 0. The molecule has 4 aromatic carbocycles. The quantitative estimate of drug-likeness (QED) is 0.283. The van der Waals surface area contributed by atoms with Gasteiger partial charge in [0.05, 0.1) is 8.95 Å². The summed E-state index contributed by atoms with van der Waals surface area (Å²) in [4.78, 5) is 28.9. The van der Waals surface area contributed by atoms with Gasteiger partial charge >= 0.3 is 0 Å². The third kappa shape index (κ3) is 5.20. The summed E-state index contributed by atoms with van der Waals surface area (Å²) in [5, 5.41) is 4.27. The molecule has 184 valence electrons. The van der Waals surface area contributed by atoms with Crippen molar-refractivity contribution in [2.75, 3.05) is 39.4 Å². The summed E-state index contributed by atoms with van der Waals surface area (Å²) in [5.41, 5.74) is 0. The van der Waals surface area contributed by atoms with E-state index >= 15 is 0 Å². The number of fused-ring (bicyclic) bond motifs is 2. The molecule has 8 heteroatoms. The summed E-state index contributed by atoms with van der Waals surface area (Å²) in [7, 11) is 0. The van der Waals surface area contributed by atoms with E-state index in [-0.39, 0.29) is 25.0 Å². The summed E-state index contributed by atoms with van der Waals surface area (Å²) >= 11 is 7.18. The zero-order valence-corrected chi connectivity index (χ0v) is 22.6. The number of ether oxygens (including phenoxy) is 2. The Bertz CT molecular complexity index is 1320. The van der Waals surface area contributed by atoms with E-state index in [1.807, 2.05) is 72.8 Å². The van der Waals surface area contributed by atoms with Crippen LogP contribution in [0.2, 0.25) is 0 Å². The maximum atomic E-state index is 12.7. The van der Waals surface area contributed by atoms with Gasteiger partial charge in [-0.2, -0.15) is 0 Å². The Kier molecular flexibility index (Phi) is 7.43. The number of nitrogens with zero attached hydrogens (tertiary/aromatic N) is 2. The highest BCUT2D eigenvalue weighted by molar-refractivity contribution is 9.11. The third-order valence-corrected chi connectivity index (χ3v) is 7.98. The number of halogens is 2. The van der Waals surface area contributed by atoms with E-state index in [0.717, 1.165) is 30.5 Å². The normalized spacial score (nSPS) is 13.7. The Balaban J connectivity index is 1.11. The van der Waals surface area contributed by atoms with Crippen molar-refractivity contribution in [2.45, 2.75) is 0 Å². The number of carbonyl (C=O) groups excluding carboxylic acids is 2. The zero-order chi connectivity index (χ0) is 25.1. The first kappa shape index (κ1) is 24.6. The molecule has 36 heavy (non-hydrogen) atoms. The van der Waals surface area contributed by atoms with Crippen molar-refractivity contribution in [2.24, 2.45) is 0 Å². The highest BCUT2D eigenvalue weighted by atomic mass is 79.9. The van der Waals surface area contributed by atoms with Crippen molar-refractivity contribution < 1.29 is 19.1 Å². The molecule has 0 unspecified atom stereocenters. The number of carbonyl (C=O) groups is 2. The first-order valence-electron chi connectivity index (χ1n) is 11.7. The lowest BCUT2D eigenvalue weighted by Gasteiger charge is -2.34. The highest BCUT2D eigenvalue weighted by Gasteiger charge is 2.25. The molecule has 1 saturated heterocycles. The van der Waals surface area contributed by atoms with Gasteiger partial charge < -0.3 is 19.3 Å². The lowest BCUT2D eigenvalue weighted by Crippen LogP contribution is -2.52. The molecule has 0 spiro atoms. The van der Waals surface area contributed by atoms with Crippen molar-refractivity contribution in [3.05, 3.63) is 81.7 Å². The minimum Gasteiger partial charge on any atom is -0.483 e. The fourth-order valence-electron chi connectivity index (χ4n) is 4.32. The van der Waals surface area contributed by atoms with Gasteiger partial charge in [0.25, 0.3) is 11.8 Å². The molecule has 1 heterocycles. The largest absolute Gasteiger partial charge is 0.483 e. The van der Waals surface area contributed by atoms with Gasteiger partial charge in [0, 0.05) is 26.2 Å². The topological polar surface area (TPSA) is 59.1 Å². The fourth-order valence-corrected chi connectivity index (χ4v) is 5.53. The maximum Gasteiger partial charge on any atom is 0.260 e. The van der Waals surface area contributed by atoms with Gasteiger partial charge in [-0.1, -0.05) is 60.7 Å². The first-order chi connectivity index (χ1) is 17.5. The van der Waals surface area contributed by atoms with Crippen LogP contribution in [0.4, 0.5) is 0 Å². The predicted molar refractivity (Wildman–Crippen MR) is 147 cm³/mol. The van der Waals surface area contributed by atoms with Crippen LogP contribution < -0.4 is 9.47 Å². The van der Waals surface area contributed by atoms with Gasteiger partial charge in [0.2, 0.25) is 0 Å². The average Bonchev–Trinajstić information content (AvgIpc) is 2.92. The zero-order valence-electron chi connectivity index (χ0n) is 19.5. The number of benzene rings is 4. The predicted octanol–water partition coefficient (Wildman–Crippen LogP) is 5.65. The van der Waals surface area contributed by atoms with Gasteiger partial charge in [-0.15, -0.1) is 0 Å². The van der Waals surface area contributed by atoms with Crippen molar-refractivity contribution >= 4 is 65.2 Å². The van der Waals surface area contributed by atoms with E-state index in [9.17, 15) is 9.59 Å². The first-order valence-corrected chi connectivity index (χ1v) is 13.3. The molecular weight excluding hydrogens is 588 g/mol. The van der Waals surface area contributed by atoms with Crippen LogP contribution in [0.25, 0.3) is 21.5 Å². The minimum atomic E-state index is -0.0986. The summed E-state index contributed by atoms with van der Waals surface area (Å²) in [6.45, 7) is 1.76. The number of hydrogen-bond acceptors (Lipinski definition) is 4. The molecule has 0 aromatic heterocycles. The summed E-state index contributed by atoms with van der Waals surface area (Å²) in [6.07, 6.45) is 0. The molecule has 0 radical (unpaired) electrons. The van der Waals surface area contributed by atoms with Gasteiger partial charge in [0.1, 0.15) is 11.5 Å². The van der Waals surface area contributed by atoms with Crippen LogP contribution in [0, 0.1) is 0 Å². The van der Waals surface area contributed by atoms with E-state index < -0.39 is 0 Å². The van der Waals surface area contributed by atoms with Gasteiger partial charge in [-0.25, -0.2) is 0 Å². The molecule has 1 aliphatic rings. The second-order valence-electron chi connectivity index (χ2n) is 8.54. The Hall–Kier alpha value is -3.10. The Labute approximate surface area is 226 Å². The second kappa shape index (κ2) is 10.9. The molecule has 5 rings (SSSR count). The van der Waals surface area contributed by atoms with Gasteiger partial charge in [0.15, 0.2) is 13.2 Å². The lowest BCUT2D eigenvalue weighted by molar-refractivity contribution is -0.141. The van der Waals surface area contributed by atoms with Crippen LogP contribution in [-0.2, 0) is 9.59 Å². The Morgan fingerprint density at radius 1 is 0.611 bits per heavy atom. The van der Waals surface area contributed by atoms with Crippen molar-refractivity contribution in [3.8, 4) is 11.5 Å². The average molecular weight is 612 g/mol. The molecule has 0 atom stereocenters. The van der Waals surface area contributed by atoms with Crippen molar-refractivity contribution in [1.82, 2.24) is 9.80 Å². The number of amides is 2. The molecular formula is C28H24Br2N2O4. The highest BCUT2D eigenvalue weighted by Crippen LogP contribution is 2.34. The molecule has 1 fully saturated rings. The fraction of sp³-hybridized carbons (Fsp3) is 0.214. The number of rotatable bonds is 6. The van der Waals surface area contributed by atoms with Crippen LogP contribution in [0.5, 0.6) is 11.5 Å². The molecule has 0 aliphatic carbocycles. The van der Waals surface area contributed by atoms with Gasteiger partial charge in [-0.05, 0) is 65.5 Å². The van der Waals surface area contributed by atoms with E-state index in [1.54, 1.807) is 9.80 Å². The second-order valence-corrected chi connectivity index (χ2v) is 10.1. The van der Waals surface area contributed by atoms with Crippen LogP contribution in [0.15, 0.2) is 81.7 Å². The van der Waals surface area contributed by atoms with E-state index in [0.29, 0.717) is 37.7 Å². The van der Waals surface area contributed by atoms with Crippen LogP contribution in [-0.4, -0.2) is 61.0 Å². The van der Waals surface area contributed by atoms with E-state index in [1.165, 1.54) is 0 Å². The Morgan fingerprint density at radius 2 is 1.00 bits per heavy atom. The minimum absolute atomic E-state index is 0.0516. The molecule has 0 bridgehead atoms. The molecule has 6 nitrogen and oxygen atoms in total. The molecule has 2 amide bonds. The maximum absolute atomic E-state index is 12.7. The van der Waals surface area contributed by atoms with Crippen molar-refractivity contribution in [1.29, 1.82) is 0 Å².